The number of nitrogens with zero attached hydrogens (tertiary/aromatic N) is 1. The number of carbonyl (C=O) groups excluding carboxylic acids is 2. The van der Waals surface area contributed by atoms with Gasteiger partial charge in [0.2, 0.25) is 5.91 Å². The van der Waals surface area contributed by atoms with Gasteiger partial charge in [-0.05, 0) is 24.6 Å². The van der Waals surface area contributed by atoms with Gasteiger partial charge in [-0.3, -0.25) is 14.6 Å². The molecule has 1 heterocycles. The molecule has 126 valence electrons. The molecule has 2 aromatic rings. The summed E-state index contributed by atoms with van der Waals surface area (Å²) < 4.78 is 0. The first kappa shape index (κ1) is 18.1. The van der Waals surface area contributed by atoms with E-state index in [1.807, 2.05) is 27.7 Å². The van der Waals surface area contributed by atoms with Gasteiger partial charge < -0.3 is 5.32 Å². The summed E-state index contributed by atoms with van der Waals surface area (Å²) in [6, 6.07) is 8.58. The molecular formula is C19H21ClN2O2. The van der Waals surface area contributed by atoms with Crippen LogP contribution in [-0.2, 0) is 11.2 Å². The Kier molecular flexibility index (Phi) is 5.40. The van der Waals surface area contributed by atoms with E-state index in [-0.39, 0.29) is 11.7 Å². The number of rotatable bonds is 4. The average Bonchev–Trinajstić information content (AvgIpc) is 2.53. The molecule has 1 aromatic carbocycles. The van der Waals surface area contributed by atoms with Gasteiger partial charge in [-0.15, -0.1) is 0 Å². The van der Waals surface area contributed by atoms with E-state index >= 15 is 0 Å². The lowest BCUT2D eigenvalue weighted by Gasteiger charge is -2.19. The molecule has 0 aliphatic heterocycles. The van der Waals surface area contributed by atoms with Gasteiger partial charge in [0.15, 0.2) is 5.78 Å². The zero-order chi connectivity index (χ0) is 17.9. The fourth-order valence-electron chi connectivity index (χ4n) is 2.08. The van der Waals surface area contributed by atoms with Gasteiger partial charge in [0.1, 0.15) is 0 Å². The Labute approximate surface area is 147 Å². The number of aromatic nitrogens is 1. The van der Waals surface area contributed by atoms with Crippen molar-refractivity contribution in [2.75, 3.05) is 5.32 Å². The fourth-order valence-corrected chi connectivity index (χ4v) is 2.30. The monoisotopic (exact) mass is 344 g/mol. The summed E-state index contributed by atoms with van der Waals surface area (Å²) >= 11 is 6.13. The van der Waals surface area contributed by atoms with Gasteiger partial charge in [0.05, 0.1) is 16.3 Å². The minimum atomic E-state index is -0.569. The lowest BCUT2D eigenvalue weighted by Crippen LogP contribution is -2.28. The standard InChI is InChI=1S/C19H21ClN2O2/c1-5-12-10-16(22-18(24)19(2,3)4)14(11-21-12)17(23)13-8-6-7-9-15(13)20/h6-11H,5H2,1-4H3,(H,21,22,24). The lowest BCUT2D eigenvalue weighted by atomic mass is 9.95. The molecule has 0 unspecified atom stereocenters. The van der Waals surface area contributed by atoms with Crippen LogP contribution in [0.4, 0.5) is 5.69 Å². The molecule has 0 radical (unpaired) electrons. The predicted octanol–water partition coefficient (Wildman–Crippen LogP) is 4.51. The number of hydrogen-bond acceptors (Lipinski definition) is 3. The second-order valence-corrected chi connectivity index (χ2v) is 7.00. The van der Waals surface area contributed by atoms with Crippen LogP contribution in [0, 0.1) is 5.41 Å². The van der Waals surface area contributed by atoms with E-state index in [0.717, 1.165) is 5.69 Å². The summed E-state index contributed by atoms with van der Waals surface area (Å²) in [6.07, 6.45) is 2.21. The van der Waals surface area contributed by atoms with E-state index < -0.39 is 5.41 Å². The molecule has 0 aliphatic carbocycles. The van der Waals surface area contributed by atoms with Gasteiger partial charge in [0.25, 0.3) is 0 Å². The Morgan fingerprint density at radius 1 is 1.17 bits per heavy atom. The lowest BCUT2D eigenvalue weighted by molar-refractivity contribution is -0.123. The number of carbonyl (C=O) groups is 2. The molecule has 4 nitrogen and oxygen atoms in total. The number of ketones is 1. The van der Waals surface area contributed by atoms with E-state index in [0.29, 0.717) is 28.3 Å². The minimum absolute atomic E-state index is 0.163. The van der Waals surface area contributed by atoms with Crippen molar-refractivity contribution >= 4 is 29.0 Å². The molecule has 0 spiro atoms. The number of anilines is 1. The first-order valence-corrected chi connectivity index (χ1v) is 8.21. The number of pyridine rings is 1. The van der Waals surface area contributed by atoms with Crippen LogP contribution in [0.15, 0.2) is 36.5 Å². The second kappa shape index (κ2) is 7.14. The SMILES string of the molecule is CCc1cc(NC(=O)C(C)(C)C)c(C(=O)c2ccccc2Cl)cn1. The van der Waals surface area contributed by atoms with E-state index in [1.165, 1.54) is 6.20 Å². The highest BCUT2D eigenvalue weighted by atomic mass is 35.5. The van der Waals surface area contributed by atoms with Crippen LogP contribution < -0.4 is 5.32 Å². The maximum atomic E-state index is 12.8. The number of halogens is 1. The molecule has 5 heteroatoms. The normalized spacial score (nSPS) is 11.2. The highest BCUT2D eigenvalue weighted by Gasteiger charge is 2.24. The van der Waals surface area contributed by atoms with E-state index in [2.05, 4.69) is 10.3 Å². The van der Waals surface area contributed by atoms with E-state index in [4.69, 9.17) is 11.6 Å². The third-order valence-corrected chi connectivity index (χ3v) is 3.94. The zero-order valence-corrected chi connectivity index (χ0v) is 15.1. The van der Waals surface area contributed by atoms with Crippen LogP contribution in [0.2, 0.25) is 5.02 Å². The molecule has 0 aliphatic rings. The molecule has 0 fully saturated rings. The minimum Gasteiger partial charge on any atom is -0.325 e. The van der Waals surface area contributed by atoms with Crippen molar-refractivity contribution in [1.29, 1.82) is 0 Å². The van der Waals surface area contributed by atoms with Crippen LogP contribution in [0.3, 0.4) is 0 Å². The topological polar surface area (TPSA) is 59.1 Å². The van der Waals surface area contributed by atoms with Crippen molar-refractivity contribution < 1.29 is 9.59 Å². The average molecular weight is 345 g/mol. The molecule has 0 atom stereocenters. The van der Waals surface area contributed by atoms with Crippen molar-refractivity contribution in [3.8, 4) is 0 Å². The van der Waals surface area contributed by atoms with Gasteiger partial charge in [-0.25, -0.2) is 0 Å². The molecule has 2 rings (SSSR count). The molecule has 1 aromatic heterocycles. The number of aryl methyl sites for hydroxylation is 1. The predicted molar refractivity (Wildman–Crippen MR) is 96.6 cm³/mol. The van der Waals surface area contributed by atoms with Gasteiger partial charge >= 0.3 is 0 Å². The van der Waals surface area contributed by atoms with Crippen LogP contribution in [0.5, 0.6) is 0 Å². The second-order valence-electron chi connectivity index (χ2n) is 6.59. The first-order valence-electron chi connectivity index (χ1n) is 7.83. The van der Waals surface area contributed by atoms with Crippen molar-refractivity contribution in [3.05, 3.63) is 58.4 Å². The summed E-state index contributed by atoms with van der Waals surface area (Å²) in [6.45, 7) is 7.42. The van der Waals surface area contributed by atoms with Crippen molar-refractivity contribution in [2.45, 2.75) is 34.1 Å². The smallest absolute Gasteiger partial charge is 0.229 e. The van der Waals surface area contributed by atoms with Crippen molar-refractivity contribution in [2.24, 2.45) is 5.41 Å². The largest absolute Gasteiger partial charge is 0.325 e. The maximum absolute atomic E-state index is 12.8. The molecule has 24 heavy (non-hydrogen) atoms. The summed E-state index contributed by atoms with van der Waals surface area (Å²) in [7, 11) is 0. The number of nitrogens with one attached hydrogen (secondary N) is 1. The number of hydrogen-bond donors (Lipinski definition) is 1. The third-order valence-electron chi connectivity index (χ3n) is 3.62. The van der Waals surface area contributed by atoms with Crippen LogP contribution in [0.1, 0.15) is 49.3 Å². The molecule has 0 saturated carbocycles. The highest BCUT2D eigenvalue weighted by Crippen LogP contribution is 2.26. The van der Waals surface area contributed by atoms with Crippen LogP contribution in [-0.4, -0.2) is 16.7 Å². The molecule has 0 saturated heterocycles. The summed E-state index contributed by atoms with van der Waals surface area (Å²) in [5.41, 5.74) is 1.41. The summed E-state index contributed by atoms with van der Waals surface area (Å²) in [5.74, 6) is -0.427. The highest BCUT2D eigenvalue weighted by molar-refractivity contribution is 6.35. The molecule has 1 N–H and O–H groups in total. The Balaban J connectivity index is 2.48. The van der Waals surface area contributed by atoms with Crippen LogP contribution >= 0.6 is 11.6 Å². The van der Waals surface area contributed by atoms with Crippen molar-refractivity contribution in [3.63, 3.8) is 0 Å². The number of benzene rings is 1. The Hall–Kier alpha value is -2.20. The Morgan fingerprint density at radius 2 is 1.83 bits per heavy atom. The first-order chi connectivity index (χ1) is 11.2. The summed E-state index contributed by atoms with van der Waals surface area (Å²) in [4.78, 5) is 29.5. The third kappa shape index (κ3) is 4.01. The fraction of sp³-hybridized carbons (Fsp3) is 0.316. The quantitative estimate of drug-likeness (QED) is 0.830. The zero-order valence-electron chi connectivity index (χ0n) is 14.3. The van der Waals surface area contributed by atoms with Crippen molar-refractivity contribution in [1.82, 2.24) is 4.98 Å². The van der Waals surface area contributed by atoms with Gasteiger partial charge in [-0.2, -0.15) is 0 Å². The summed E-state index contributed by atoms with van der Waals surface area (Å²) in [5, 5.41) is 3.22. The molecule has 0 bridgehead atoms. The van der Waals surface area contributed by atoms with Gasteiger partial charge in [0, 0.05) is 22.9 Å². The maximum Gasteiger partial charge on any atom is 0.229 e. The van der Waals surface area contributed by atoms with E-state index in [1.54, 1.807) is 30.3 Å². The van der Waals surface area contributed by atoms with Gasteiger partial charge in [-0.1, -0.05) is 51.4 Å². The Bertz CT molecular complexity index is 779. The molecule has 1 amide bonds. The Morgan fingerprint density at radius 3 is 2.42 bits per heavy atom. The number of amides is 1. The van der Waals surface area contributed by atoms with Crippen LogP contribution in [0.25, 0.3) is 0 Å². The molecular weight excluding hydrogens is 324 g/mol. The van der Waals surface area contributed by atoms with E-state index in [9.17, 15) is 9.59 Å².